The fourth-order valence-electron chi connectivity index (χ4n) is 2.35. The van der Waals surface area contributed by atoms with Crippen molar-refractivity contribution in [2.75, 3.05) is 11.4 Å². The van der Waals surface area contributed by atoms with Gasteiger partial charge in [0.05, 0.1) is 23.6 Å². The van der Waals surface area contributed by atoms with Crippen molar-refractivity contribution in [1.82, 2.24) is 0 Å². The minimum Gasteiger partial charge on any atom is -0.458 e. The second kappa shape index (κ2) is 8.29. The highest BCUT2D eigenvalue weighted by Gasteiger charge is 2.36. The van der Waals surface area contributed by atoms with Gasteiger partial charge < -0.3 is 9.64 Å². The third kappa shape index (κ3) is 6.94. The van der Waals surface area contributed by atoms with Crippen molar-refractivity contribution in [3.8, 4) is 6.07 Å². The monoisotopic (exact) mass is 410 g/mol. The van der Waals surface area contributed by atoms with Gasteiger partial charge in [-0.25, -0.2) is 4.79 Å². The molecule has 0 aromatic heterocycles. The van der Waals surface area contributed by atoms with Crippen LogP contribution in [-0.4, -0.2) is 30.3 Å². The predicted octanol–water partition coefficient (Wildman–Crippen LogP) is 5.07. The number of anilines is 1. The van der Waals surface area contributed by atoms with Crippen LogP contribution in [0.2, 0.25) is 0 Å². The summed E-state index contributed by atoms with van der Waals surface area (Å²) in [6.07, 6.45) is -10.8. The zero-order valence-corrected chi connectivity index (χ0v) is 15.7. The molecule has 0 aliphatic heterocycles. The van der Waals surface area contributed by atoms with E-state index in [1.807, 2.05) is 0 Å². The summed E-state index contributed by atoms with van der Waals surface area (Å²) in [7, 11) is 0. The first-order chi connectivity index (χ1) is 12.5. The van der Waals surface area contributed by atoms with Crippen LogP contribution in [0.3, 0.4) is 0 Å². The van der Waals surface area contributed by atoms with Crippen molar-refractivity contribution in [3.63, 3.8) is 0 Å². The molecule has 0 fully saturated rings. The molecule has 28 heavy (non-hydrogen) atoms. The second-order valence-corrected chi connectivity index (χ2v) is 7.11. The number of hydrogen-bond acceptors (Lipinski definition) is 4. The normalized spacial score (nSPS) is 13.6. The number of nitrogens with zero attached hydrogens (tertiary/aromatic N) is 2. The molecule has 1 rings (SSSR count). The lowest BCUT2D eigenvalue weighted by Gasteiger charge is -2.33. The molecule has 0 aliphatic carbocycles. The smallest absolute Gasteiger partial charge is 0.417 e. The maximum Gasteiger partial charge on any atom is 0.417 e. The molecule has 156 valence electrons. The Kier molecular flexibility index (Phi) is 6.98. The van der Waals surface area contributed by atoms with Crippen LogP contribution >= 0.6 is 0 Å². The molecule has 0 radical (unpaired) electrons. The van der Waals surface area contributed by atoms with E-state index in [2.05, 4.69) is 0 Å². The zero-order chi connectivity index (χ0) is 21.9. The SMILES string of the molecule is CC(C(=O)OC(C)(C)C)N(CCC(F)(F)F)c1ccc(C#N)c(C(F)(F)F)c1. The summed E-state index contributed by atoms with van der Waals surface area (Å²) in [6.45, 7) is 5.16. The number of halogens is 6. The van der Waals surface area contributed by atoms with Crippen LogP contribution in [0.4, 0.5) is 32.0 Å². The second-order valence-electron chi connectivity index (χ2n) is 7.11. The van der Waals surface area contributed by atoms with Crippen LogP contribution in [0, 0.1) is 11.3 Å². The molecule has 0 amide bonds. The van der Waals surface area contributed by atoms with E-state index in [1.54, 1.807) is 20.8 Å². The highest BCUT2D eigenvalue weighted by atomic mass is 19.4. The molecule has 1 atom stereocenters. The van der Waals surface area contributed by atoms with Crippen LogP contribution in [-0.2, 0) is 15.7 Å². The van der Waals surface area contributed by atoms with E-state index in [-0.39, 0.29) is 5.69 Å². The molecule has 1 aromatic carbocycles. The maximum atomic E-state index is 13.2. The average molecular weight is 410 g/mol. The molecular formula is C18H20F6N2O2. The Hall–Kier alpha value is -2.44. The Balaban J connectivity index is 3.36. The van der Waals surface area contributed by atoms with Gasteiger partial charge in [-0.05, 0) is 45.9 Å². The summed E-state index contributed by atoms with van der Waals surface area (Å²) in [6, 6.07) is 2.62. The van der Waals surface area contributed by atoms with Gasteiger partial charge >= 0.3 is 18.3 Å². The van der Waals surface area contributed by atoms with Gasteiger partial charge in [0.25, 0.3) is 0 Å². The first kappa shape index (κ1) is 23.6. The molecular weight excluding hydrogens is 390 g/mol. The zero-order valence-electron chi connectivity index (χ0n) is 15.7. The number of benzene rings is 1. The van der Waals surface area contributed by atoms with Crippen molar-refractivity contribution >= 4 is 11.7 Å². The summed E-state index contributed by atoms with van der Waals surface area (Å²) < 4.78 is 82.8. The molecule has 0 aliphatic rings. The first-order valence-corrected chi connectivity index (χ1v) is 8.23. The van der Waals surface area contributed by atoms with Gasteiger partial charge in [0.2, 0.25) is 0 Å². The van der Waals surface area contributed by atoms with Gasteiger partial charge in [0, 0.05) is 12.2 Å². The Morgan fingerprint density at radius 2 is 1.75 bits per heavy atom. The fraction of sp³-hybridized carbons (Fsp3) is 0.556. The highest BCUT2D eigenvalue weighted by molar-refractivity contribution is 5.80. The van der Waals surface area contributed by atoms with Crippen molar-refractivity contribution in [2.45, 2.75) is 58.1 Å². The van der Waals surface area contributed by atoms with Gasteiger partial charge in [-0.3, -0.25) is 0 Å². The van der Waals surface area contributed by atoms with Crippen LogP contribution in [0.5, 0.6) is 0 Å². The maximum absolute atomic E-state index is 13.2. The number of carbonyl (C=O) groups excluding carboxylic acids is 1. The Labute approximate surface area is 158 Å². The van der Waals surface area contributed by atoms with Crippen LogP contribution in [0.25, 0.3) is 0 Å². The van der Waals surface area contributed by atoms with Gasteiger partial charge in [0.15, 0.2) is 0 Å². The summed E-state index contributed by atoms with van der Waals surface area (Å²) in [5, 5.41) is 8.86. The summed E-state index contributed by atoms with van der Waals surface area (Å²) in [5.74, 6) is -0.882. The molecule has 1 unspecified atom stereocenters. The van der Waals surface area contributed by atoms with Crippen LogP contribution in [0.1, 0.15) is 45.2 Å². The highest BCUT2D eigenvalue weighted by Crippen LogP contribution is 2.35. The van der Waals surface area contributed by atoms with Crippen molar-refractivity contribution in [1.29, 1.82) is 5.26 Å². The molecule has 1 aromatic rings. The van der Waals surface area contributed by atoms with Crippen LogP contribution in [0.15, 0.2) is 18.2 Å². The predicted molar refractivity (Wildman–Crippen MR) is 89.5 cm³/mol. The fourth-order valence-corrected chi connectivity index (χ4v) is 2.35. The van der Waals surface area contributed by atoms with Crippen molar-refractivity contribution < 1.29 is 35.9 Å². The number of alkyl halides is 6. The molecule has 0 saturated carbocycles. The van der Waals surface area contributed by atoms with Gasteiger partial charge in [-0.2, -0.15) is 31.6 Å². The Morgan fingerprint density at radius 3 is 2.18 bits per heavy atom. The molecule has 4 nitrogen and oxygen atoms in total. The van der Waals surface area contributed by atoms with E-state index in [4.69, 9.17) is 10.00 Å². The molecule has 0 heterocycles. The largest absolute Gasteiger partial charge is 0.458 e. The lowest BCUT2D eigenvalue weighted by atomic mass is 10.1. The van der Waals surface area contributed by atoms with Crippen LogP contribution < -0.4 is 4.90 Å². The van der Waals surface area contributed by atoms with E-state index >= 15 is 0 Å². The van der Waals surface area contributed by atoms with Gasteiger partial charge in [-0.1, -0.05) is 0 Å². The van der Waals surface area contributed by atoms with E-state index in [0.29, 0.717) is 6.07 Å². The third-order valence-electron chi connectivity index (χ3n) is 3.61. The van der Waals surface area contributed by atoms with E-state index < -0.39 is 54.1 Å². The number of hydrogen-bond donors (Lipinski definition) is 0. The number of rotatable bonds is 5. The van der Waals surface area contributed by atoms with E-state index in [0.717, 1.165) is 17.0 Å². The summed E-state index contributed by atoms with van der Waals surface area (Å²) >= 11 is 0. The molecule has 0 spiro atoms. The third-order valence-corrected chi connectivity index (χ3v) is 3.61. The van der Waals surface area contributed by atoms with Gasteiger partial charge in [-0.15, -0.1) is 0 Å². The summed E-state index contributed by atoms with van der Waals surface area (Å²) in [5.41, 5.74) is -3.16. The minimum absolute atomic E-state index is 0.270. The Bertz CT molecular complexity index is 744. The number of carbonyl (C=O) groups is 1. The molecule has 10 heteroatoms. The molecule has 0 N–H and O–H groups in total. The van der Waals surface area contributed by atoms with Crippen molar-refractivity contribution in [3.05, 3.63) is 29.3 Å². The van der Waals surface area contributed by atoms with Crippen molar-refractivity contribution in [2.24, 2.45) is 0 Å². The first-order valence-electron chi connectivity index (χ1n) is 8.23. The minimum atomic E-state index is -4.88. The van der Waals surface area contributed by atoms with E-state index in [1.165, 1.54) is 13.0 Å². The number of esters is 1. The standard InChI is InChI=1S/C18H20F6N2O2/c1-11(15(27)28-16(2,3)4)26(8-7-17(19,20)21)13-6-5-12(10-25)14(9-13)18(22,23)24/h5-6,9,11H,7-8H2,1-4H3. The Morgan fingerprint density at radius 1 is 1.18 bits per heavy atom. The quantitative estimate of drug-likeness (QED) is 0.503. The number of ether oxygens (including phenoxy) is 1. The van der Waals surface area contributed by atoms with Gasteiger partial charge in [0.1, 0.15) is 11.6 Å². The lowest BCUT2D eigenvalue weighted by Crippen LogP contribution is -2.44. The average Bonchev–Trinajstić information content (AvgIpc) is 2.51. The topological polar surface area (TPSA) is 53.3 Å². The van der Waals surface area contributed by atoms with E-state index in [9.17, 15) is 31.1 Å². The molecule has 0 saturated heterocycles. The summed E-state index contributed by atoms with van der Waals surface area (Å²) in [4.78, 5) is 13.2. The lowest BCUT2D eigenvalue weighted by molar-refractivity contribution is -0.156. The number of nitriles is 1. The molecule has 0 bridgehead atoms.